The van der Waals surface area contributed by atoms with Crippen molar-refractivity contribution in [2.45, 2.75) is 77.4 Å². The number of aromatic hydroxyl groups is 1. The number of piperidine rings is 1. The van der Waals surface area contributed by atoms with E-state index in [1.807, 2.05) is 45.3 Å². The van der Waals surface area contributed by atoms with E-state index >= 15 is 0 Å². The normalized spacial score (nSPS) is 18.9. The molecule has 2 aliphatic heterocycles. The minimum atomic E-state index is -0.638. The van der Waals surface area contributed by atoms with Crippen LogP contribution < -0.4 is 32.6 Å². The van der Waals surface area contributed by atoms with Crippen LogP contribution in [0.5, 0.6) is 11.6 Å². The first-order valence-electron chi connectivity index (χ1n) is 20.1. The second kappa shape index (κ2) is 19.3. The number of carbonyl (C=O) groups excluding carboxylic acids is 2. The first kappa shape index (κ1) is 42.7. The molecule has 2 saturated heterocycles. The van der Waals surface area contributed by atoms with E-state index in [-0.39, 0.29) is 58.7 Å². The molecular formula is C43H56N10O5S. The molecule has 16 heteroatoms. The SMILES string of the molecule is Cc1ncsc1-c1ccc(C(C)NC(=O)C2CCCN2C(=O)C(c2cc(OCCN3CCCC(NC(/C=C(\N)c4ccccc4O)=C(/N)C(=N)N)C3)no2)C(C)C)cc1. The molecule has 4 atom stereocenters. The maximum atomic E-state index is 14.1. The molecule has 4 heterocycles. The molecular weight excluding hydrogens is 769 g/mol. The summed E-state index contributed by atoms with van der Waals surface area (Å²) in [6.07, 6.45) is 4.67. The third kappa shape index (κ3) is 10.4. The predicted octanol–water partition coefficient (Wildman–Crippen LogP) is 4.96. The Hall–Kier alpha value is -5.87. The van der Waals surface area contributed by atoms with E-state index in [9.17, 15) is 14.7 Å². The summed E-state index contributed by atoms with van der Waals surface area (Å²) < 4.78 is 11.7. The van der Waals surface area contributed by atoms with Gasteiger partial charge in [0.25, 0.3) is 5.88 Å². The molecule has 2 amide bonds. The van der Waals surface area contributed by atoms with Gasteiger partial charge in [0.15, 0.2) is 5.76 Å². The Morgan fingerprint density at radius 1 is 1.08 bits per heavy atom. The lowest BCUT2D eigenvalue weighted by atomic mass is 9.91. The summed E-state index contributed by atoms with van der Waals surface area (Å²) in [5.74, 6) is -0.673. The number of aromatic nitrogens is 2. The van der Waals surface area contributed by atoms with Crippen LogP contribution in [-0.2, 0) is 9.59 Å². The monoisotopic (exact) mass is 824 g/mol. The zero-order chi connectivity index (χ0) is 42.2. The number of rotatable bonds is 16. The van der Waals surface area contributed by atoms with Gasteiger partial charge in [0, 0.05) is 43.0 Å². The van der Waals surface area contributed by atoms with Gasteiger partial charge in [0.1, 0.15) is 30.2 Å². The lowest BCUT2D eigenvalue weighted by Gasteiger charge is -2.34. The number of phenols is 1. The molecule has 10 N–H and O–H groups in total. The van der Waals surface area contributed by atoms with Gasteiger partial charge in [-0.2, -0.15) is 0 Å². The summed E-state index contributed by atoms with van der Waals surface area (Å²) in [6.45, 7) is 10.8. The van der Waals surface area contributed by atoms with Crippen molar-refractivity contribution in [2.24, 2.45) is 23.1 Å². The number of phenolic OH excluding ortho intramolecular Hbond substituents is 1. The van der Waals surface area contributed by atoms with Crippen LogP contribution in [0, 0.1) is 18.3 Å². The van der Waals surface area contributed by atoms with E-state index in [4.69, 9.17) is 31.9 Å². The van der Waals surface area contributed by atoms with Crippen molar-refractivity contribution in [3.63, 3.8) is 0 Å². The second-order valence-electron chi connectivity index (χ2n) is 15.6. The Labute approximate surface area is 349 Å². The van der Waals surface area contributed by atoms with Gasteiger partial charge in [-0.15, -0.1) is 11.3 Å². The topological polar surface area (TPSA) is 235 Å². The molecule has 4 aromatic rings. The Kier molecular flexibility index (Phi) is 13.9. The van der Waals surface area contributed by atoms with Gasteiger partial charge >= 0.3 is 0 Å². The van der Waals surface area contributed by atoms with Gasteiger partial charge in [-0.25, -0.2) is 4.98 Å². The summed E-state index contributed by atoms with van der Waals surface area (Å²) in [6, 6.07) is 15.7. The van der Waals surface area contributed by atoms with E-state index in [1.54, 1.807) is 52.6 Å². The van der Waals surface area contributed by atoms with Crippen molar-refractivity contribution in [1.82, 2.24) is 30.6 Å². The van der Waals surface area contributed by atoms with E-state index in [2.05, 4.69) is 37.8 Å². The zero-order valence-electron chi connectivity index (χ0n) is 34.1. The average Bonchev–Trinajstić information content (AvgIpc) is 3.99. The summed E-state index contributed by atoms with van der Waals surface area (Å²) in [5.41, 5.74) is 24.4. The summed E-state index contributed by atoms with van der Waals surface area (Å²) >= 11 is 1.60. The molecule has 59 heavy (non-hydrogen) atoms. The lowest BCUT2D eigenvalue weighted by Crippen LogP contribution is -2.48. The van der Waals surface area contributed by atoms with Crippen LogP contribution in [0.4, 0.5) is 0 Å². The highest BCUT2D eigenvalue weighted by Crippen LogP contribution is 2.33. The molecule has 0 aliphatic carbocycles. The Morgan fingerprint density at radius 3 is 2.53 bits per heavy atom. The highest BCUT2D eigenvalue weighted by molar-refractivity contribution is 7.13. The number of allylic oxidation sites excluding steroid dienone is 1. The van der Waals surface area contributed by atoms with Crippen LogP contribution in [0.15, 0.2) is 82.1 Å². The average molecular weight is 825 g/mol. The van der Waals surface area contributed by atoms with Gasteiger partial charge in [-0.05, 0) is 86.5 Å². The van der Waals surface area contributed by atoms with Crippen LogP contribution in [0.1, 0.15) is 81.0 Å². The number of benzene rings is 2. The molecule has 0 bridgehead atoms. The smallest absolute Gasteiger partial charge is 0.254 e. The fraction of sp³-hybridized carbons (Fsp3) is 0.419. The van der Waals surface area contributed by atoms with Crippen molar-refractivity contribution < 1.29 is 24.0 Å². The highest BCUT2D eigenvalue weighted by atomic mass is 32.1. The molecule has 314 valence electrons. The van der Waals surface area contributed by atoms with Crippen LogP contribution in [0.2, 0.25) is 0 Å². The number of nitrogens with one attached hydrogen (secondary N) is 3. The fourth-order valence-corrected chi connectivity index (χ4v) is 8.58. The van der Waals surface area contributed by atoms with Gasteiger partial charge < -0.3 is 47.1 Å². The number of amidine groups is 1. The molecule has 0 spiro atoms. The number of thiazole rings is 1. The summed E-state index contributed by atoms with van der Waals surface area (Å²) in [4.78, 5) is 37.2. The molecule has 0 radical (unpaired) electrons. The summed E-state index contributed by atoms with van der Waals surface area (Å²) in [7, 11) is 0. The van der Waals surface area contributed by atoms with Crippen molar-refractivity contribution in [1.29, 1.82) is 5.41 Å². The number of ether oxygens (including phenoxy) is 1. The molecule has 2 aromatic heterocycles. The zero-order valence-corrected chi connectivity index (χ0v) is 34.9. The Bertz CT molecular complexity index is 2160. The maximum absolute atomic E-state index is 14.1. The van der Waals surface area contributed by atoms with Gasteiger partial charge in [-0.3, -0.25) is 19.9 Å². The number of likely N-dealkylation sites (tertiary alicyclic amines) is 2. The van der Waals surface area contributed by atoms with Crippen LogP contribution in [0.3, 0.4) is 0 Å². The first-order valence-corrected chi connectivity index (χ1v) is 21.0. The van der Waals surface area contributed by atoms with Crippen molar-refractivity contribution >= 4 is 34.7 Å². The van der Waals surface area contributed by atoms with Gasteiger partial charge in [-0.1, -0.05) is 50.2 Å². The van der Waals surface area contributed by atoms with E-state index < -0.39 is 12.0 Å². The van der Waals surface area contributed by atoms with Crippen molar-refractivity contribution in [2.75, 3.05) is 32.8 Å². The van der Waals surface area contributed by atoms with E-state index in [0.29, 0.717) is 49.7 Å². The molecule has 2 aliphatic rings. The van der Waals surface area contributed by atoms with Crippen molar-refractivity contribution in [3.05, 3.63) is 100 Å². The standard InChI is InChI=1S/C43H56N10O5S/c1-25(2)38(43(56)53-18-8-11-34(53)42(55)49-26(3)28-13-15-29(16-14-28)40-27(4)48-24-59-40)36-22-37(51-58-36)57-20-19-52-17-7-9-30(23-52)50-33(39(45)41(46)47)21-32(44)31-10-5-6-12-35(31)54/h5-6,10,12-16,21-22,24-26,30,34,38,50,54H,7-9,11,17-20,23,44-45H2,1-4H3,(H3,46,47)(H,49,55)/b32-21-,39-33+. The number of nitrogens with two attached hydrogens (primary N) is 3. The van der Waals surface area contributed by atoms with Gasteiger partial charge in [0.05, 0.1) is 33.5 Å². The summed E-state index contributed by atoms with van der Waals surface area (Å²) in [5, 5.41) is 28.9. The Morgan fingerprint density at radius 2 is 1.83 bits per heavy atom. The van der Waals surface area contributed by atoms with Crippen molar-refractivity contribution in [3.8, 4) is 22.1 Å². The molecule has 15 nitrogen and oxygen atoms in total. The number of carbonyl (C=O) groups is 2. The minimum Gasteiger partial charge on any atom is -0.507 e. The second-order valence-corrected chi connectivity index (χ2v) is 16.4. The molecule has 6 rings (SSSR count). The minimum absolute atomic E-state index is 0.0216. The van der Waals surface area contributed by atoms with Crippen LogP contribution in [-0.4, -0.2) is 87.6 Å². The molecule has 2 fully saturated rings. The first-order chi connectivity index (χ1) is 28.3. The number of aryl methyl sites for hydroxylation is 1. The molecule has 0 saturated carbocycles. The molecule has 2 aromatic carbocycles. The third-order valence-electron chi connectivity index (χ3n) is 11.0. The third-order valence-corrected chi connectivity index (χ3v) is 12.0. The number of amides is 2. The Balaban J connectivity index is 1.02. The fourth-order valence-electron chi connectivity index (χ4n) is 7.77. The number of nitrogens with zero attached hydrogens (tertiary/aromatic N) is 4. The number of hydrogen-bond acceptors (Lipinski definition) is 13. The van der Waals surface area contributed by atoms with Crippen LogP contribution >= 0.6 is 11.3 Å². The quantitative estimate of drug-likeness (QED) is 0.0451. The maximum Gasteiger partial charge on any atom is 0.254 e. The number of hydrogen-bond donors (Lipinski definition) is 7. The highest BCUT2D eigenvalue weighted by Gasteiger charge is 2.40. The van der Waals surface area contributed by atoms with Crippen LogP contribution in [0.25, 0.3) is 16.1 Å². The van der Waals surface area contributed by atoms with E-state index in [0.717, 1.165) is 47.5 Å². The van der Waals surface area contributed by atoms with Gasteiger partial charge in [0.2, 0.25) is 11.8 Å². The number of para-hydroxylation sites is 1. The molecule has 4 unspecified atom stereocenters. The lowest BCUT2D eigenvalue weighted by molar-refractivity contribution is -0.141. The largest absolute Gasteiger partial charge is 0.507 e. The predicted molar refractivity (Wildman–Crippen MR) is 229 cm³/mol. The van der Waals surface area contributed by atoms with E-state index in [1.165, 1.54) is 0 Å².